The van der Waals surface area contributed by atoms with Crippen LogP contribution in [0.25, 0.3) is 0 Å². The van der Waals surface area contributed by atoms with Gasteiger partial charge in [-0.25, -0.2) is 4.39 Å². The highest BCUT2D eigenvalue weighted by atomic mass is 127. The maximum atomic E-state index is 13.6. The van der Waals surface area contributed by atoms with Crippen molar-refractivity contribution in [3.8, 4) is 0 Å². The van der Waals surface area contributed by atoms with Crippen molar-refractivity contribution in [1.82, 2.24) is 10.2 Å². The van der Waals surface area contributed by atoms with Crippen LogP contribution in [0.2, 0.25) is 0 Å². The maximum Gasteiger partial charge on any atom is 0.193 e. The van der Waals surface area contributed by atoms with Crippen LogP contribution in [0.3, 0.4) is 0 Å². The molecule has 130 valence electrons. The molecule has 1 aliphatic rings. The number of rotatable bonds is 5. The predicted molar refractivity (Wildman–Crippen MR) is 103 cm³/mol. The lowest BCUT2D eigenvalue weighted by Crippen LogP contribution is -2.39. The summed E-state index contributed by atoms with van der Waals surface area (Å²) in [6.07, 6.45) is 3.43. The molecule has 0 bridgehead atoms. The van der Waals surface area contributed by atoms with Crippen LogP contribution in [-0.4, -0.2) is 44.7 Å². The lowest BCUT2D eigenvalue weighted by Gasteiger charge is -2.26. The van der Waals surface area contributed by atoms with Gasteiger partial charge in [0.2, 0.25) is 0 Å². The second-order valence-corrected chi connectivity index (χ2v) is 5.76. The maximum absolute atomic E-state index is 13.6. The third-order valence-corrected chi connectivity index (χ3v) is 4.18. The summed E-state index contributed by atoms with van der Waals surface area (Å²) in [7, 11) is 3.78. The van der Waals surface area contributed by atoms with Crippen LogP contribution in [-0.2, 0) is 11.3 Å². The molecule has 23 heavy (non-hydrogen) atoms. The van der Waals surface area contributed by atoms with Crippen LogP contribution in [0.1, 0.15) is 24.8 Å². The van der Waals surface area contributed by atoms with E-state index in [1.54, 1.807) is 19.2 Å². The van der Waals surface area contributed by atoms with Crippen LogP contribution < -0.4 is 5.32 Å². The number of nitrogens with zero attached hydrogens (tertiary/aromatic N) is 2. The van der Waals surface area contributed by atoms with Crippen molar-refractivity contribution >= 4 is 29.9 Å². The van der Waals surface area contributed by atoms with E-state index in [-0.39, 0.29) is 29.8 Å². The van der Waals surface area contributed by atoms with Gasteiger partial charge in [-0.3, -0.25) is 4.99 Å². The number of hydrogen-bond acceptors (Lipinski definition) is 2. The molecule has 0 aliphatic carbocycles. The van der Waals surface area contributed by atoms with Crippen molar-refractivity contribution in [3.05, 3.63) is 35.6 Å². The number of ether oxygens (including phenoxy) is 1. The van der Waals surface area contributed by atoms with Crippen LogP contribution >= 0.6 is 24.0 Å². The topological polar surface area (TPSA) is 36.9 Å². The quantitative estimate of drug-likeness (QED) is 0.438. The molecular formula is C17H27FIN3O. The highest BCUT2D eigenvalue weighted by molar-refractivity contribution is 14.0. The Morgan fingerprint density at radius 3 is 2.70 bits per heavy atom. The smallest absolute Gasteiger partial charge is 0.193 e. The molecule has 0 spiro atoms. The van der Waals surface area contributed by atoms with Crippen molar-refractivity contribution in [1.29, 1.82) is 0 Å². The molecular weight excluding hydrogens is 408 g/mol. The average molecular weight is 435 g/mol. The molecule has 1 aromatic rings. The van der Waals surface area contributed by atoms with Gasteiger partial charge in [0.1, 0.15) is 5.82 Å². The minimum absolute atomic E-state index is 0. The van der Waals surface area contributed by atoms with E-state index in [4.69, 9.17) is 4.74 Å². The molecule has 0 unspecified atom stereocenters. The van der Waals surface area contributed by atoms with E-state index in [9.17, 15) is 4.39 Å². The van der Waals surface area contributed by atoms with Crippen LogP contribution in [0, 0.1) is 11.7 Å². The monoisotopic (exact) mass is 435 g/mol. The summed E-state index contributed by atoms with van der Waals surface area (Å²) < 4.78 is 19.0. The molecule has 1 aliphatic heterocycles. The standard InChI is InChI=1S/C17H26FN3O.HI/c1-19-17(20-13-15-5-3-4-6-16(15)18)21(2)10-7-14-8-11-22-12-9-14;/h3-6,14H,7-13H2,1-2H3,(H,19,20);1H. The van der Waals surface area contributed by atoms with Crippen LogP contribution in [0.5, 0.6) is 0 Å². The molecule has 1 fully saturated rings. The number of hydrogen-bond donors (Lipinski definition) is 1. The van der Waals surface area contributed by atoms with Gasteiger partial charge >= 0.3 is 0 Å². The summed E-state index contributed by atoms with van der Waals surface area (Å²) >= 11 is 0. The summed E-state index contributed by atoms with van der Waals surface area (Å²) in [6.45, 7) is 3.16. The van der Waals surface area contributed by atoms with Crippen LogP contribution in [0.4, 0.5) is 4.39 Å². The summed E-state index contributed by atoms with van der Waals surface area (Å²) in [4.78, 5) is 6.39. The average Bonchev–Trinajstić information content (AvgIpc) is 2.56. The normalized spacial score (nSPS) is 15.9. The van der Waals surface area contributed by atoms with Gasteiger partial charge in [0, 0.05) is 46.0 Å². The van der Waals surface area contributed by atoms with E-state index in [1.807, 2.05) is 13.1 Å². The van der Waals surface area contributed by atoms with Crippen molar-refractivity contribution in [3.63, 3.8) is 0 Å². The molecule has 0 saturated carbocycles. The highest BCUT2D eigenvalue weighted by Crippen LogP contribution is 2.18. The lowest BCUT2D eigenvalue weighted by atomic mass is 9.96. The fourth-order valence-electron chi connectivity index (χ4n) is 2.72. The van der Waals surface area contributed by atoms with Gasteiger partial charge in [-0.15, -0.1) is 24.0 Å². The van der Waals surface area contributed by atoms with Gasteiger partial charge in [0.05, 0.1) is 0 Å². The van der Waals surface area contributed by atoms with E-state index in [0.717, 1.165) is 50.9 Å². The summed E-state index contributed by atoms with van der Waals surface area (Å²) in [6, 6.07) is 6.82. The van der Waals surface area contributed by atoms with Crippen molar-refractivity contribution < 1.29 is 9.13 Å². The molecule has 0 radical (unpaired) electrons. The van der Waals surface area contributed by atoms with Gasteiger partial charge in [0.25, 0.3) is 0 Å². The fraction of sp³-hybridized carbons (Fsp3) is 0.588. The first-order valence-electron chi connectivity index (χ1n) is 7.93. The number of benzene rings is 1. The number of guanidine groups is 1. The number of nitrogens with one attached hydrogen (secondary N) is 1. The predicted octanol–water partition coefficient (Wildman–Crippen LogP) is 3.27. The zero-order valence-electron chi connectivity index (χ0n) is 13.9. The highest BCUT2D eigenvalue weighted by Gasteiger charge is 2.15. The van der Waals surface area contributed by atoms with E-state index in [0.29, 0.717) is 12.1 Å². The van der Waals surface area contributed by atoms with Gasteiger partial charge in [-0.05, 0) is 31.2 Å². The number of aliphatic imine (C=N–C) groups is 1. The zero-order valence-corrected chi connectivity index (χ0v) is 16.3. The minimum Gasteiger partial charge on any atom is -0.381 e. The summed E-state index contributed by atoms with van der Waals surface area (Å²) in [5.74, 6) is 1.35. The second-order valence-electron chi connectivity index (χ2n) is 5.76. The van der Waals surface area contributed by atoms with Gasteiger partial charge in [0.15, 0.2) is 5.96 Å². The zero-order chi connectivity index (χ0) is 15.8. The Kier molecular flexibility index (Phi) is 9.47. The molecule has 6 heteroatoms. The Bertz CT molecular complexity index is 492. The first-order chi connectivity index (χ1) is 10.7. The van der Waals surface area contributed by atoms with E-state index < -0.39 is 0 Å². The fourth-order valence-corrected chi connectivity index (χ4v) is 2.72. The van der Waals surface area contributed by atoms with Gasteiger partial charge in [-0.2, -0.15) is 0 Å². The second kappa shape index (κ2) is 10.8. The van der Waals surface area contributed by atoms with E-state index >= 15 is 0 Å². The summed E-state index contributed by atoms with van der Waals surface area (Å²) in [5.41, 5.74) is 0.654. The van der Waals surface area contributed by atoms with Crippen LogP contribution in [0.15, 0.2) is 29.3 Å². The Hall–Kier alpha value is -0.890. The summed E-state index contributed by atoms with van der Waals surface area (Å²) in [5, 5.41) is 3.23. The van der Waals surface area contributed by atoms with E-state index in [2.05, 4.69) is 15.2 Å². The molecule has 0 amide bonds. The van der Waals surface area contributed by atoms with Gasteiger partial charge in [-0.1, -0.05) is 18.2 Å². The molecule has 1 N–H and O–H groups in total. The largest absolute Gasteiger partial charge is 0.381 e. The Labute approximate surface area is 155 Å². The Morgan fingerprint density at radius 1 is 1.35 bits per heavy atom. The minimum atomic E-state index is -0.185. The molecule has 4 nitrogen and oxygen atoms in total. The first kappa shape index (κ1) is 20.2. The Morgan fingerprint density at radius 2 is 2.04 bits per heavy atom. The number of halogens is 2. The van der Waals surface area contributed by atoms with Gasteiger partial charge < -0.3 is 15.0 Å². The lowest BCUT2D eigenvalue weighted by molar-refractivity contribution is 0.0625. The molecule has 0 atom stereocenters. The Balaban J connectivity index is 0.00000264. The SMILES string of the molecule is CN=C(NCc1ccccc1F)N(C)CCC1CCOCC1.I. The third-order valence-electron chi connectivity index (χ3n) is 4.18. The molecule has 2 rings (SSSR count). The first-order valence-corrected chi connectivity index (χ1v) is 7.93. The molecule has 1 saturated heterocycles. The molecule has 0 aromatic heterocycles. The third kappa shape index (κ3) is 6.63. The van der Waals surface area contributed by atoms with Crippen molar-refractivity contribution in [2.45, 2.75) is 25.8 Å². The van der Waals surface area contributed by atoms with Crippen molar-refractivity contribution in [2.24, 2.45) is 10.9 Å². The molecule has 1 aromatic carbocycles. The van der Waals surface area contributed by atoms with Crippen molar-refractivity contribution in [2.75, 3.05) is 33.9 Å². The van der Waals surface area contributed by atoms with E-state index in [1.165, 1.54) is 6.07 Å². The molecule has 1 heterocycles.